The Hall–Kier alpha value is -1.15. The molecule has 3 N–H and O–H groups in total. The van der Waals surface area contributed by atoms with Crippen molar-refractivity contribution in [3.05, 3.63) is 35.4 Å². The summed E-state index contributed by atoms with van der Waals surface area (Å²) in [4.78, 5) is 12.0. The van der Waals surface area contributed by atoms with E-state index < -0.39 is 10.0 Å². The maximum Gasteiger partial charge on any atom is 0.221 e. The molecule has 1 fully saturated rings. The first-order valence-corrected chi connectivity index (χ1v) is 10.1. The van der Waals surface area contributed by atoms with Crippen LogP contribution >= 0.6 is 12.4 Å². The third kappa shape index (κ3) is 7.73. The van der Waals surface area contributed by atoms with Crippen LogP contribution in [0.5, 0.6) is 0 Å². The first-order chi connectivity index (χ1) is 11.4. The van der Waals surface area contributed by atoms with Gasteiger partial charge >= 0.3 is 0 Å². The number of hydrogen-bond donors (Lipinski definition) is 3. The third-order valence-corrected chi connectivity index (χ3v) is 5.47. The number of nitrogens with one attached hydrogen (secondary N) is 3. The van der Waals surface area contributed by atoms with Gasteiger partial charge in [-0.05, 0) is 44.4 Å². The number of hydrogen-bond acceptors (Lipinski definition) is 4. The van der Waals surface area contributed by atoms with Gasteiger partial charge in [0.15, 0.2) is 0 Å². The van der Waals surface area contributed by atoms with Crippen LogP contribution in [0.4, 0.5) is 0 Å². The molecular formula is C17H28ClN3O3S. The van der Waals surface area contributed by atoms with Gasteiger partial charge in [0.05, 0.1) is 5.75 Å². The summed E-state index contributed by atoms with van der Waals surface area (Å²) in [6, 6.07) is 7.44. The minimum Gasteiger partial charge on any atom is -0.352 e. The van der Waals surface area contributed by atoms with Gasteiger partial charge in [-0.25, -0.2) is 13.1 Å². The van der Waals surface area contributed by atoms with Crippen molar-refractivity contribution in [3.8, 4) is 0 Å². The molecular weight excluding hydrogens is 362 g/mol. The summed E-state index contributed by atoms with van der Waals surface area (Å²) in [5, 5.41) is 6.20. The largest absolute Gasteiger partial charge is 0.352 e. The lowest BCUT2D eigenvalue weighted by Crippen LogP contribution is -2.33. The highest BCUT2D eigenvalue weighted by atomic mass is 35.5. The molecule has 1 aromatic carbocycles. The van der Waals surface area contributed by atoms with Gasteiger partial charge in [-0.3, -0.25) is 4.79 Å². The van der Waals surface area contributed by atoms with Crippen LogP contribution in [0, 0.1) is 0 Å². The normalized spacial score (nSPS) is 17.3. The van der Waals surface area contributed by atoms with E-state index in [1.807, 2.05) is 18.2 Å². The number of benzene rings is 1. The smallest absolute Gasteiger partial charge is 0.221 e. The molecule has 0 aliphatic carbocycles. The van der Waals surface area contributed by atoms with E-state index in [9.17, 15) is 13.2 Å². The zero-order chi connectivity index (χ0) is 17.6. The zero-order valence-corrected chi connectivity index (χ0v) is 16.4. The molecule has 2 rings (SSSR count). The average molecular weight is 390 g/mol. The molecule has 1 aliphatic heterocycles. The molecule has 1 saturated heterocycles. The van der Waals surface area contributed by atoms with Gasteiger partial charge in [-0.2, -0.15) is 0 Å². The van der Waals surface area contributed by atoms with E-state index >= 15 is 0 Å². The van der Waals surface area contributed by atoms with Crippen LogP contribution < -0.4 is 15.4 Å². The molecule has 142 valence electrons. The van der Waals surface area contributed by atoms with E-state index in [1.54, 1.807) is 19.9 Å². The second kappa shape index (κ2) is 10.1. The molecule has 1 atom stereocenters. The Kier molecular flexibility index (Phi) is 8.85. The van der Waals surface area contributed by atoms with Crippen molar-refractivity contribution < 1.29 is 13.2 Å². The molecule has 1 amide bonds. The SMILES string of the molecule is CC(C)NS(=O)(=O)Cc1ccccc1CNC(=O)CC1CCCN1.Cl. The summed E-state index contributed by atoms with van der Waals surface area (Å²) in [7, 11) is -3.39. The molecule has 0 spiro atoms. The zero-order valence-electron chi connectivity index (χ0n) is 14.7. The van der Waals surface area contributed by atoms with Crippen molar-refractivity contribution in [2.24, 2.45) is 0 Å². The highest BCUT2D eigenvalue weighted by molar-refractivity contribution is 7.88. The first kappa shape index (κ1) is 21.9. The second-order valence-electron chi connectivity index (χ2n) is 6.57. The molecule has 0 radical (unpaired) electrons. The predicted octanol–water partition coefficient (Wildman–Crippen LogP) is 1.69. The Balaban J connectivity index is 0.00000312. The Morgan fingerprint density at radius 1 is 1.28 bits per heavy atom. The standard InChI is InChI=1S/C17H27N3O3S.ClH/c1-13(2)20-24(22,23)12-15-7-4-3-6-14(15)11-19-17(21)10-16-8-5-9-18-16;/h3-4,6-7,13,16,18,20H,5,8-12H2,1-2H3,(H,19,21);1H. The molecule has 0 aromatic heterocycles. The maximum absolute atomic E-state index is 12.1. The van der Waals surface area contributed by atoms with E-state index in [0.29, 0.717) is 18.5 Å². The van der Waals surface area contributed by atoms with Crippen LogP contribution in [0.3, 0.4) is 0 Å². The lowest BCUT2D eigenvalue weighted by atomic mass is 10.1. The van der Waals surface area contributed by atoms with Crippen molar-refractivity contribution in [2.75, 3.05) is 6.54 Å². The monoisotopic (exact) mass is 389 g/mol. The van der Waals surface area contributed by atoms with Crippen molar-refractivity contribution in [1.29, 1.82) is 0 Å². The molecule has 1 aromatic rings. The van der Waals surface area contributed by atoms with E-state index in [4.69, 9.17) is 0 Å². The fraction of sp³-hybridized carbons (Fsp3) is 0.588. The highest BCUT2D eigenvalue weighted by Crippen LogP contribution is 2.13. The van der Waals surface area contributed by atoms with Gasteiger partial charge in [-0.15, -0.1) is 12.4 Å². The van der Waals surface area contributed by atoms with Crippen molar-refractivity contribution >= 4 is 28.3 Å². The minimum atomic E-state index is -3.39. The Labute approximate surface area is 156 Å². The quantitative estimate of drug-likeness (QED) is 0.631. The van der Waals surface area contributed by atoms with Crippen LogP contribution in [0.25, 0.3) is 0 Å². The van der Waals surface area contributed by atoms with Crippen LogP contribution in [0.15, 0.2) is 24.3 Å². The van der Waals surface area contributed by atoms with Gasteiger partial charge in [0.25, 0.3) is 0 Å². The summed E-state index contributed by atoms with van der Waals surface area (Å²) in [6.07, 6.45) is 2.61. The number of sulfonamides is 1. The number of halogens is 1. The molecule has 1 aliphatic rings. The van der Waals surface area contributed by atoms with E-state index in [-0.39, 0.29) is 36.2 Å². The lowest BCUT2D eigenvalue weighted by molar-refractivity contribution is -0.121. The van der Waals surface area contributed by atoms with Crippen LogP contribution in [-0.2, 0) is 27.1 Å². The summed E-state index contributed by atoms with van der Waals surface area (Å²) in [5.74, 6) is -0.0890. The predicted molar refractivity (Wildman–Crippen MR) is 102 cm³/mol. The fourth-order valence-corrected chi connectivity index (χ4v) is 4.39. The van der Waals surface area contributed by atoms with Crippen LogP contribution in [-0.4, -0.2) is 33.0 Å². The first-order valence-electron chi connectivity index (χ1n) is 8.42. The van der Waals surface area contributed by atoms with Crippen molar-refractivity contribution in [2.45, 2.75) is 57.5 Å². The topological polar surface area (TPSA) is 87.3 Å². The van der Waals surface area contributed by atoms with E-state index in [0.717, 1.165) is 24.9 Å². The van der Waals surface area contributed by atoms with E-state index in [1.165, 1.54) is 0 Å². The number of carbonyl (C=O) groups excluding carboxylic acids is 1. The molecule has 6 nitrogen and oxygen atoms in total. The molecule has 25 heavy (non-hydrogen) atoms. The minimum absolute atomic E-state index is 0. The van der Waals surface area contributed by atoms with Crippen molar-refractivity contribution in [3.63, 3.8) is 0 Å². The van der Waals surface area contributed by atoms with Gasteiger partial charge in [-0.1, -0.05) is 24.3 Å². The number of amides is 1. The second-order valence-corrected chi connectivity index (χ2v) is 8.33. The van der Waals surface area contributed by atoms with Gasteiger partial charge < -0.3 is 10.6 Å². The van der Waals surface area contributed by atoms with Crippen molar-refractivity contribution in [1.82, 2.24) is 15.4 Å². The number of carbonyl (C=O) groups is 1. The van der Waals surface area contributed by atoms with Crippen LogP contribution in [0.2, 0.25) is 0 Å². The number of rotatable bonds is 8. The Bertz CT molecular complexity index is 659. The molecule has 8 heteroatoms. The maximum atomic E-state index is 12.1. The molecule has 0 saturated carbocycles. The molecule has 1 heterocycles. The fourth-order valence-electron chi connectivity index (χ4n) is 2.90. The summed E-state index contributed by atoms with van der Waals surface area (Å²) < 4.78 is 26.8. The Morgan fingerprint density at radius 2 is 1.96 bits per heavy atom. The van der Waals surface area contributed by atoms with Crippen LogP contribution in [0.1, 0.15) is 44.2 Å². The third-order valence-electron chi connectivity index (χ3n) is 3.95. The lowest BCUT2D eigenvalue weighted by Gasteiger charge is -2.14. The average Bonchev–Trinajstić information content (AvgIpc) is 2.97. The summed E-state index contributed by atoms with van der Waals surface area (Å²) >= 11 is 0. The highest BCUT2D eigenvalue weighted by Gasteiger charge is 2.18. The van der Waals surface area contributed by atoms with Gasteiger partial charge in [0.2, 0.25) is 15.9 Å². The van der Waals surface area contributed by atoms with Gasteiger partial charge in [0, 0.05) is 25.0 Å². The molecule has 0 bridgehead atoms. The summed E-state index contributed by atoms with van der Waals surface area (Å²) in [6.45, 7) is 4.90. The summed E-state index contributed by atoms with van der Waals surface area (Å²) in [5.41, 5.74) is 1.55. The van der Waals surface area contributed by atoms with Gasteiger partial charge in [0.1, 0.15) is 0 Å². The molecule has 1 unspecified atom stereocenters. The van der Waals surface area contributed by atoms with E-state index in [2.05, 4.69) is 15.4 Å². The Morgan fingerprint density at radius 3 is 2.56 bits per heavy atom.